The molecular weight excluding hydrogens is 416 g/mol. The third-order valence-electron chi connectivity index (χ3n) is 6.74. The highest BCUT2D eigenvalue weighted by molar-refractivity contribution is 6.36. The van der Waals surface area contributed by atoms with Crippen LogP contribution in [0.3, 0.4) is 0 Å². The molecule has 3 atom stereocenters. The lowest BCUT2D eigenvalue weighted by atomic mass is 9.59. The lowest BCUT2D eigenvalue weighted by Crippen LogP contribution is -2.68. The summed E-state index contributed by atoms with van der Waals surface area (Å²) in [7, 11) is 3.17. The van der Waals surface area contributed by atoms with Gasteiger partial charge in [0.15, 0.2) is 11.4 Å². The van der Waals surface area contributed by atoms with Crippen molar-refractivity contribution >= 4 is 28.1 Å². The zero-order valence-corrected chi connectivity index (χ0v) is 18.3. The van der Waals surface area contributed by atoms with Gasteiger partial charge in [-0.2, -0.15) is 0 Å². The molecule has 2 aromatic carbocycles. The summed E-state index contributed by atoms with van der Waals surface area (Å²) < 4.78 is 0. The Kier molecular flexibility index (Phi) is 5.41. The minimum atomic E-state index is -2.64. The van der Waals surface area contributed by atoms with E-state index in [4.69, 9.17) is 0 Å². The van der Waals surface area contributed by atoms with Gasteiger partial charge in [-0.15, -0.1) is 0 Å². The molecule has 0 heterocycles. The fourth-order valence-corrected chi connectivity index (χ4v) is 5.08. The van der Waals surface area contributed by atoms with E-state index in [1.54, 1.807) is 40.1 Å². The molecule has 4 rings (SSSR count). The van der Waals surface area contributed by atoms with Crippen LogP contribution in [0.25, 0.3) is 10.8 Å². The Morgan fingerprint density at radius 1 is 1.06 bits per heavy atom. The summed E-state index contributed by atoms with van der Waals surface area (Å²) in [6.07, 6.45) is 0.291. The molecule has 7 N–H and O–H groups in total. The van der Waals surface area contributed by atoms with Crippen molar-refractivity contribution in [1.82, 2.24) is 11.1 Å². The van der Waals surface area contributed by atoms with Crippen molar-refractivity contribution in [2.45, 2.75) is 31.9 Å². The second kappa shape index (κ2) is 7.40. The van der Waals surface area contributed by atoms with Crippen LogP contribution in [0.2, 0.25) is 0 Å². The van der Waals surface area contributed by atoms with Crippen molar-refractivity contribution in [2.75, 3.05) is 14.1 Å². The molecule has 0 spiro atoms. The van der Waals surface area contributed by atoms with E-state index in [9.17, 15) is 34.8 Å². The van der Waals surface area contributed by atoms with Crippen LogP contribution in [-0.4, -0.2) is 68.4 Å². The second-order valence-electron chi connectivity index (χ2n) is 8.53. The first-order valence-electron chi connectivity index (χ1n) is 9.82. The molecule has 1 saturated carbocycles. The molecule has 9 heteroatoms. The Labute approximate surface area is 184 Å². The van der Waals surface area contributed by atoms with Crippen molar-refractivity contribution in [3.05, 3.63) is 46.2 Å². The number of nitrogens with zero attached hydrogens (tertiary/aromatic N) is 1. The molecular formula is C23H26N2O7. The number of phenols is 2. The van der Waals surface area contributed by atoms with Crippen LogP contribution in [0.15, 0.2) is 24.0 Å². The van der Waals surface area contributed by atoms with E-state index in [1.807, 2.05) is 0 Å². The Hall–Kier alpha value is -3.27. The zero-order chi connectivity index (χ0) is 23.0. The first-order chi connectivity index (χ1) is 14.5. The number of carbonyl (C=O) groups excluding carboxylic acids is 3. The molecule has 3 unspecified atom stereocenters. The normalized spacial score (nSPS) is 26.3. The molecule has 0 aromatic heterocycles. The molecule has 0 radical (unpaired) electrons. The molecule has 32 heavy (non-hydrogen) atoms. The zero-order valence-electron chi connectivity index (χ0n) is 18.3. The van der Waals surface area contributed by atoms with Crippen LogP contribution in [0, 0.1) is 19.8 Å². The topological polar surface area (TPSA) is 170 Å². The summed E-state index contributed by atoms with van der Waals surface area (Å²) in [5, 5.41) is 43.0. The number of phenolic OH excluding ortho intramolecular Hbond substituents is 2. The van der Waals surface area contributed by atoms with Gasteiger partial charge < -0.3 is 26.6 Å². The van der Waals surface area contributed by atoms with Crippen LogP contribution < -0.4 is 6.15 Å². The van der Waals surface area contributed by atoms with E-state index in [2.05, 4.69) is 0 Å². The van der Waals surface area contributed by atoms with Crippen LogP contribution in [-0.2, 0) is 16.0 Å². The van der Waals surface area contributed by atoms with E-state index < -0.39 is 46.2 Å². The number of aliphatic hydroxyl groups is 2. The Balaban J connectivity index is 0.00000289. The number of hydrogen-bond donors (Lipinski definition) is 5. The van der Waals surface area contributed by atoms with Crippen molar-refractivity contribution in [3.8, 4) is 11.5 Å². The SMILES string of the molecule is Cc1ccc2c(C)c3c(c(O)c2c1O)C(=O)C1(O)C(=O)C(=CO)C(=O)C(N(C)C)C1C3.N. The van der Waals surface area contributed by atoms with E-state index in [-0.39, 0.29) is 29.3 Å². The van der Waals surface area contributed by atoms with Crippen LogP contribution in [0.4, 0.5) is 0 Å². The molecule has 0 bridgehead atoms. The number of ketones is 3. The average Bonchev–Trinajstić information content (AvgIpc) is 2.70. The van der Waals surface area contributed by atoms with Gasteiger partial charge in [-0.3, -0.25) is 19.3 Å². The number of aryl methyl sites for hydroxylation is 2. The van der Waals surface area contributed by atoms with Gasteiger partial charge >= 0.3 is 0 Å². The third kappa shape index (κ3) is 2.65. The predicted molar refractivity (Wildman–Crippen MR) is 116 cm³/mol. The standard InChI is InChI=1S/C23H23NO7.H3N/c1-9-5-6-11-10(2)12-7-14-17(24(3)4)19(27)13(8-25)21(29)23(14,31)22(30)16(12)20(28)15(11)18(9)26;/h5-6,8,14,17,25-26,28,31H,7H2,1-4H3;1H3. The average molecular weight is 442 g/mol. The van der Waals surface area contributed by atoms with E-state index >= 15 is 0 Å². The fraction of sp³-hybridized carbons (Fsp3) is 0.348. The van der Waals surface area contributed by atoms with Gasteiger partial charge in [-0.05, 0) is 56.4 Å². The number of benzene rings is 2. The number of carbonyl (C=O) groups is 3. The van der Waals surface area contributed by atoms with Crippen LogP contribution in [0.5, 0.6) is 11.5 Å². The molecule has 2 aliphatic carbocycles. The van der Waals surface area contributed by atoms with Gasteiger partial charge in [-0.25, -0.2) is 0 Å². The molecule has 9 nitrogen and oxygen atoms in total. The number of likely N-dealkylation sites (N-methyl/N-ethyl adjacent to an activating group) is 1. The summed E-state index contributed by atoms with van der Waals surface area (Å²) in [4.78, 5) is 41.0. The summed E-state index contributed by atoms with van der Waals surface area (Å²) in [6, 6.07) is 2.37. The van der Waals surface area contributed by atoms with Gasteiger partial charge in [0.25, 0.3) is 0 Å². The lowest BCUT2D eigenvalue weighted by Gasteiger charge is -2.47. The smallest absolute Gasteiger partial charge is 0.209 e. The Morgan fingerprint density at radius 3 is 2.25 bits per heavy atom. The first-order valence-corrected chi connectivity index (χ1v) is 9.82. The highest BCUT2D eigenvalue weighted by Crippen LogP contribution is 2.49. The van der Waals surface area contributed by atoms with E-state index in [0.29, 0.717) is 28.3 Å². The maximum atomic E-state index is 13.6. The number of aromatic hydroxyl groups is 2. The van der Waals surface area contributed by atoms with Crippen molar-refractivity contribution in [1.29, 1.82) is 0 Å². The number of Topliss-reactive ketones (excluding diaryl/α,β-unsaturated/α-hetero) is 3. The van der Waals surface area contributed by atoms with E-state index in [1.165, 1.54) is 4.90 Å². The largest absolute Gasteiger partial charge is 0.515 e. The molecule has 2 aliphatic rings. The number of hydrogen-bond acceptors (Lipinski definition) is 9. The van der Waals surface area contributed by atoms with Crippen LogP contribution >= 0.6 is 0 Å². The maximum Gasteiger partial charge on any atom is 0.209 e. The molecule has 0 saturated heterocycles. The highest BCUT2D eigenvalue weighted by atomic mass is 16.3. The number of aliphatic hydroxyl groups excluding tert-OH is 1. The van der Waals surface area contributed by atoms with Gasteiger partial charge in [0.05, 0.1) is 23.3 Å². The van der Waals surface area contributed by atoms with Crippen LogP contribution in [0.1, 0.15) is 27.0 Å². The minimum absolute atomic E-state index is 0. The molecule has 170 valence electrons. The fourth-order valence-electron chi connectivity index (χ4n) is 5.08. The van der Waals surface area contributed by atoms with Gasteiger partial charge in [0, 0.05) is 5.92 Å². The molecule has 1 fully saturated rings. The predicted octanol–water partition coefficient (Wildman–Crippen LogP) is 1.64. The maximum absolute atomic E-state index is 13.6. The molecule has 0 amide bonds. The van der Waals surface area contributed by atoms with Gasteiger partial charge in [-0.1, -0.05) is 12.1 Å². The number of rotatable bonds is 1. The quantitative estimate of drug-likeness (QED) is 0.191. The lowest BCUT2D eigenvalue weighted by molar-refractivity contribution is -0.147. The highest BCUT2D eigenvalue weighted by Gasteiger charge is 2.64. The summed E-state index contributed by atoms with van der Waals surface area (Å²) in [6.45, 7) is 3.37. The van der Waals surface area contributed by atoms with Crippen molar-refractivity contribution < 1.29 is 34.8 Å². The Morgan fingerprint density at radius 2 is 1.69 bits per heavy atom. The molecule has 2 aromatic rings. The Bertz CT molecular complexity index is 1230. The van der Waals surface area contributed by atoms with Crippen molar-refractivity contribution in [2.24, 2.45) is 5.92 Å². The van der Waals surface area contributed by atoms with Gasteiger partial charge in [0.2, 0.25) is 11.6 Å². The van der Waals surface area contributed by atoms with Gasteiger partial charge in [0.1, 0.15) is 17.1 Å². The summed E-state index contributed by atoms with van der Waals surface area (Å²) in [5.74, 6) is -4.75. The summed E-state index contributed by atoms with van der Waals surface area (Å²) >= 11 is 0. The second-order valence-corrected chi connectivity index (χ2v) is 8.53. The minimum Gasteiger partial charge on any atom is -0.515 e. The van der Waals surface area contributed by atoms with Crippen molar-refractivity contribution in [3.63, 3.8) is 0 Å². The van der Waals surface area contributed by atoms with E-state index in [0.717, 1.165) is 0 Å². The first kappa shape index (κ1) is 23.4. The third-order valence-corrected chi connectivity index (χ3v) is 6.74. The monoisotopic (exact) mass is 442 g/mol. The molecule has 0 aliphatic heterocycles. The summed E-state index contributed by atoms with van der Waals surface area (Å²) in [5.41, 5.74) is -2.04. The number of fused-ring (bicyclic) bond motifs is 3.